The zero-order valence-corrected chi connectivity index (χ0v) is 7.92. The van der Waals surface area contributed by atoms with Gasteiger partial charge in [-0.05, 0) is 12.8 Å². The van der Waals surface area contributed by atoms with Crippen LogP contribution in [-0.4, -0.2) is 22.7 Å². The SMILES string of the molecule is CCc1noc(CCNC2CC2)n1. The Balaban J connectivity index is 1.72. The van der Waals surface area contributed by atoms with Crippen molar-refractivity contribution in [1.29, 1.82) is 0 Å². The van der Waals surface area contributed by atoms with Gasteiger partial charge in [-0.2, -0.15) is 4.98 Å². The van der Waals surface area contributed by atoms with Gasteiger partial charge in [0.1, 0.15) is 0 Å². The van der Waals surface area contributed by atoms with E-state index in [4.69, 9.17) is 4.52 Å². The lowest BCUT2D eigenvalue weighted by Gasteiger charge is -1.96. The fourth-order valence-electron chi connectivity index (χ4n) is 1.21. The number of aromatic nitrogens is 2. The number of aryl methyl sites for hydroxylation is 1. The van der Waals surface area contributed by atoms with Gasteiger partial charge in [-0.15, -0.1) is 0 Å². The van der Waals surface area contributed by atoms with Crippen molar-refractivity contribution in [3.63, 3.8) is 0 Å². The first-order valence-electron chi connectivity index (χ1n) is 4.93. The first-order valence-corrected chi connectivity index (χ1v) is 4.93. The minimum absolute atomic E-state index is 0.755. The van der Waals surface area contributed by atoms with Gasteiger partial charge in [-0.25, -0.2) is 0 Å². The van der Waals surface area contributed by atoms with Crippen molar-refractivity contribution < 1.29 is 4.52 Å². The molecule has 0 aromatic carbocycles. The Labute approximate surface area is 77.7 Å². The summed E-state index contributed by atoms with van der Waals surface area (Å²) in [6.45, 7) is 2.98. The molecule has 4 heteroatoms. The smallest absolute Gasteiger partial charge is 0.227 e. The van der Waals surface area contributed by atoms with Crippen LogP contribution in [0, 0.1) is 0 Å². The molecule has 1 heterocycles. The van der Waals surface area contributed by atoms with Crippen LogP contribution in [0.4, 0.5) is 0 Å². The van der Waals surface area contributed by atoms with Crippen molar-refractivity contribution in [2.24, 2.45) is 0 Å². The number of rotatable bonds is 5. The third-order valence-corrected chi connectivity index (χ3v) is 2.18. The quantitative estimate of drug-likeness (QED) is 0.734. The van der Waals surface area contributed by atoms with Crippen molar-refractivity contribution in [3.05, 3.63) is 11.7 Å². The summed E-state index contributed by atoms with van der Waals surface area (Å²) in [5.41, 5.74) is 0. The average molecular weight is 181 g/mol. The fraction of sp³-hybridized carbons (Fsp3) is 0.778. The largest absolute Gasteiger partial charge is 0.339 e. The highest BCUT2D eigenvalue weighted by molar-refractivity contribution is 4.87. The Bertz CT molecular complexity index is 268. The molecule has 1 aliphatic carbocycles. The summed E-state index contributed by atoms with van der Waals surface area (Å²) in [7, 11) is 0. The van der Waals surface area contributed by atoms with Crippen LogP contribution in [0.2, 0.25) is 0 Å². The van der Waals surface area contributed by atoms with Crippen LogP contribution in [0.15, 0.2) is 4.52 Å². The van der Waals surface area contributed by atoms with Gasteiger partial charge in [0.25, 0.3) is 0 Å². The third-order valence-electron chi connectivity index (χ3n) is 2.18. The van der Waals surface area contributed by atoms with Crippen LogP contribution in [0.3, 0.4) is 0 Å². The van der Waals surface area contributed by atoms with E-state index in [0.717, 1.165) is 37.1 Å². The Morgan fingerprint density at radius 3 is 3.00 bits per heavy atom. The third kappa shape index (κ3) is 2.52. The molecule has 0 saturated heterocycles. The van der Waals surface area contributed by atoms with E-state index < -0.39 is 0 Å². The molecule has 1 aliphatic rings. The van der Waals surface area contributed by atoms with Crippen molar-refractivity contribution in [2.75, 3.05) is 6.54 Å². The summed E-state index contributed by atoms with van der Waals surface area (Å²) in [6.07, 6.45) is 4.34. The van der Waals surface area contributed by atoms with E-state index >= 15 is 0 Å². The molecule has 0 spiro atoms. The standard InChI is InChI=1S/C9H15N3O/c1-2-8-11-9(13-12-8)5-6-10-7-3-4-7/h7,10H,2-6H2,1H3. The summed E-state index contributed by atoms with van der Waals surface area (Å²) in [5.74, 6) is 1.56. The van der Waals surface area contributed by atoms with Gasteiger partial charge in [0.15, 0.2) is 5.82 Å². The molecule has 1 N–H and O–H groups in total. The van der Waals surface area contributed by atoms with Crippen molar-refractivity contribution in [3.8, 4) is 0 Å². The van der Waals surface area contributed by atoms with Crippen LogP contribution >= 0.6 is 0 Å². The van der Waals surface area contributed by atoms with Crippen LogP contribution < -0.4 is 5.32 Å². The molecule has 1 saturated carbocycles. The average Bonchev–Trinajstić information content (AvgIpc) is 2.84. The maximum atomic E-state index is 5.06. The topological polar surface area (TPSA) is 51.0 Å². The first kappa shape index (κ1) is 8.69. The second kappa shape index (κ2) is 3.87. The van der Waals surface area contributed by atoms with Gasteiger partial charge < -0.3 is 9.84 Å². The van der Waals surface area contributed by atoms with Gasteiger partial charge in [0.05, 0.1) is 0 Å². The minimum atomic E-state index is 0.755. The van der Waals surface area contributed by atoms with Gasteiger partial charge in [0.2, 0.25) is 5.89 Å². The van der Waals surface area contributed by atoms with E-state index in [2.05, 4.69) is 15.5 Å². The lowest BCUT2D eigenvalue weighted by Crippen LogP contribution is -2.19. The molecule has 0 aliphatic heterocycles. The Hall–Kier alpha value is -0.900. The van der Waals surface area contributed by atoms with E-state index in [1.54, 1.807) is 0 Å². The van der Waals surface area contributed by atoms with Crippen molar-refractivity contribution >= 4 is 0 Å². The summed E-state index contributed by atoms with van der Waals surface area (Å²) in [4.78, 5) is 4.23. The summed E-state index contributed by atoms with van der Waals surface area (Å²) in [6, 6.07) is 0.758. The summed E-state index contributed by atoms with van der Waals surface area (Å²) < 4.78 is 5.06. The van der Waals surface area contributed by atoms with E-state index in [-0.39, 0.29) is 0 Å². The molecular weight excluding hydrogens is 166 g/mol. The van der Waals surface area contributed by atoms with Gasteiger partial charge >= 0.3 is 0 Å². The lowest BCUT2D eigenvalue weighted by atomic mass is 10.4. The molecule has 0 radical (unpaired) electrons. The zero-order valence-electron chi connectivity index (χ0n) is 7.92. The lowest BCUT2D eigenvalue weighted by molar-refractivity contribution is 0.371. The molecule has 1 aromatic heterocycles. The van der Waals surface area contributed by atoms with Crippen LogP contribution in [0.1, 0.15) is 31.5 Å². The van der Waals surface area contributed by atoms with Crippen molar-refractivity contribution in [1.82, 2.24) is 15.5 Å². The molecule has 4 nitrogen and oxygen atoms in total. The fourth-order valence-corrected chi connectivity index (χ4v) is 1.21. The number of nitrogens with zero attached hydrogens (tertiary/aromatic N) is 2. The van der Waals surface area contributed by atoms with Crippen LogP contribution in [0.25, 0.3) is 0 Å². The highest BCUT2D eigenvalue weighted by atomic mass is 16.5. The van der Waals surface area contributed by atoms with E-state index in [9.17, 15) is 0 Å². The molecule has 13 heavy (non-hydrogen) atoms. The molecule has 0 bridgehead atoms. The molecule has 2 rings (SSSR count). The minimum Gasteiger partial charge on any atom is -0.339 e. The van der Waals surface area contributed by atoms with Gasteiger partial charge in [0, 0.05) is 25.4 Å². The maximum Gasteiger partial charge on any atom is 0.227 e. The highest BCUT2D eigenvalue weighted by Gasteiger charge is 2.19. The first-order chi connectivity index (χ1) is 6.38. The maximum absolute atomic E-state index is 5.06. The molecule has 0 amide bonds. The summed E-state index contributed by atoms with van der Waals surface area (Å²) >= 11 is 0. The van der Waals surface area contributed by atoms with Gasteiger partial charge in [-0.3, -0.25) is 0 Å². The Morgan fingerprint density at radius 2 is 2.38 bits per heavy atom. The second-order valence-electron chi connectivity index (χ2n) is 3.44. The van der Waals surface area contributed by atoms with Gasteiger partial charge in [-0.1, -0.05) is 12.1 Å². The number of hydrogen-bond acceptors (Lipinski definition) is 4. The monoisotopic (exact) mass is 181 g/mol. The Morgan fingerprint density at radius 1 is 1.54 bits per heavy atom. The molecule has 1 fully saturated rings. The number of hydrogen-bond donors (Lipinski definition) is 1. The van der Waals surface area contributed by atoms with E-state index in [1.165, 1.54) is 12.8 Å². The predicted molar refractivity (Wildman–Crippen MR) is 48.4 cm³/mol. The zero-order chi connectivity index (χ0) is 9.10. The van der Waals surface area contributed by atoms with E-state index in [1.807, 2.05) is 6.92 Å². The molecular formula is C9H15N3O. The van der Waals surface area contributed by atoms with Crippen LogP contribution in [0.5, 0.6) is 0 Å². The Kier molecular flexibility index (Phi) is 2.59. The number of nitrogens with one attached hydrogen (secondary N) is 1. The predicted octanol–water partition coefficient (Wildman–Crippen LogP) is 0.926. The van der Waals surface area contributed by atoms with Crippen LogP contribution in [-0.2, 0) is 12.8 Å². The van der Waals surface area contributed by atoms with Crippen molar-refractivity contribution in [2.45, 2.75) is 38.6 Å². The molecule has 72 valence electrons. The summed E-state index contributed by atoms with van der Waals surface area (Å²) in [5, 5.41) is 7.24. The normalized spacial score (nSPS) is 16.4. The van der Waals surface area contributed by atoms with E-state index in [0.29, 0.717) is 0 Å². The molecule has 1 aromatic rings. The second-order valence-corrected chi connectivity index (χ2v) is 3.44. The highest BCUT2D eigenvalue weighted by Crippen LogP contribution is 2.18. The molecule has 0 atom stereocenters. The molecule has 0 unspecified atom stereocenters.